The second kappa shape index (κ2) is 11.0. The molecular formula is C45H27N3O. The highest BCUT2D eigenvalue weighted by Crippen LogP contribution is 2.39. The lowest BCUT2D eigenvalue weighted by atomic mass is 9.93. The molecule has 4 nitrogen and oxygen atoms in total. The summed E-state index contributed by atoms with van der Waals surface area (Å²) in [7, 11) is 0. The second-order valence-electron chi connectivity index (χ2n) is 12.4. The van der Waals surface area contributed by atoms with Gasteiger partial charge in [0.1, 0.15) is 11.2 Å². The van der Waals surface area contributed by atoms with Gasteiger partial charge in [-0.25, -0.2) is 15.0 Å². The average molecular weight is 626 g/mol. The molecule has 8 aromatic carbocycles. The first-order valence-corrected chi connectivity index (χ1v) is 16.4. The SMILES string of the molecule is c1ccc(-c2nc(-c3ccc4ccccc4c3)nc(-c3ccc(-c4ccc5oc6cc7ccccc7cc6c5c4)c4ccccc34)n2)cc1. The van der Waals surface area contributed by atoms with E-state index in [2.05, 4.69) is 133 Å². The maximum atomic E-state index is 6.31. The van der Waals surface area contributed by atoms with Gasteiger partial charge in [0.2, 0.25) is 0 Å². The van der Waals surface area contributed by atoms with E-state index < -0.39 is 0 Å². The van der Waals surface area contributed by atoms with Crippen molar-refractivity contribution in [2.45, 2.75) is 0 Å². The van der Waals surface area contributed by atoms with Crippen molar-refractivity contribution >= 4 is 54.3 Å². The first-order valence-electron chi connectivity index (χ1n) is 16.4. The van der Waals surface area contributed by atoms with Crippen LogP contribution in [0.5, 0.6) is 0 Å². The summed E-state index contributed by atoms with van der Waals surface area (Å²) in [6.07, 6.45) is 0. The van der Waals surface area contributed by atoms with E-state index in [1.54, 1.807) is 0 Å². The van der Waals surface area contributed by atoms with Crippen LogP contribution < -0.4 is 0 Å². The number of nitrogens with zero attached hydrogens (tertiary/aromatic N) is 3. The summed E-state index contributed by atoms with van der Waals surface area (Å²) < 4.78 is 6.31. The zero-order valence-corrected chi connectivity index (χ0v) is 26.3. The predicted molar refractivity (Wildman–Crippen MR) is 201 cm³/mol. The van der Waals surface area contributed by atoms with Gasteiger partial charge in [0.05, 0.1) is 0 Å². The van der Waals surface area contributed by atoms with Gasteiger partial charge in [-0.2, -0.15) is 0 Å². The molecule has 10 rings (SSSR count). The van der Waals surface area contributed by atoms with Gasteiger partial charge >= 0.3 is 0 Å². The third-order valence-electron chi connectivity index (χ3n) is 9.49. The Balaban J connectivity index is 1.15. The molecule has 10 aromatic rings. The summed E-state index contributed by atoms with van der Waals surface area (Å²) >= 11 is 0. The average Bonchev–Trinajstić information content (AvgIpc) is 3.53. The normalized spacial score (nSPS) is 11.7. The van der Waals surface area contributed by atoms with Gasteiger partial charge in [0, 0.05) is 27.5 Å². The molecule has 0 atom stereocenters. The Morgan fingerprint density at radius 3 is 1.67 bits per heavy atom. The summed E-state index contributed by atoms with van der Waals surface area (Å²) in [5.41, 5.74) is 6.91. The topological polar surface area (TPSA) is 51.8 Å². The summed E-state index contributed by atoms with van der Waals surface area (Å²) in [4.78, 5) is 15.2. The molecule has 0 radical (unpaired) electrons. The number of aromatic nitrogens is 3. The maximum absolute atomic E-state index is 6.31. The van der Waals surface area contributed by atoms with Gasteiger partial charge in [-0.1, -0.05) is 127 Å². The van der Waals surface area contributed by atoms with Crippen LogP contribution in [-0.4, -0.2) is 15.0 Å². The molecule has 0 fully saturated rings. The highest BCUT2D eigenvalue weighted by atomic mass is 16.3. The highest BCUT2D eigenvalue weighted by molar-refractivity contribution is 6.12. The maximum Gasteiger partial charge on any atom is 0.164 e. The van der Waals surface area contributed by atoms with E-state index in [0.29, 0.717) is 17.5 Å². The molecule has 0 spiro atoms. The van der Waals surface area contributed by atoms with Crippen molar-refractivity contribution in [3.05, 3.63) is 164 Å². The van der Waals surface area contributed by atoms with Crippen molar-refractivity contribution in [3.63, 3.8) is 0 Å². The fourth-order valence-corrected chi connectivity index (χ4v) is 7.05. The molecule has 0 N–H and O–H groups in total. The van der Waals surface area contributed by atoms with Gasteiger partial charge in [0.15, 0.2) is 17.5 Å². The van der Waals surface area contributed by atoms with E-state index in [1.165, 1.54) is 16.2 Å². The summed E-state index contributed by atoms with van der Waals surface area (Å²) in [6.45, 7) is 0. The Kier molecular flexibility index (Phi) is 6.15. The minimum absolute atomic E-state index is 0.642. The Morgan fingerprint density at radius 1 is 0.306 bits per heavy atom. The zero-order chi connectivity index (χ0) is 32.3. The molecule has 4 heteroatoms. The van der Waals surface area contributed by atoms with E-state index in [4.69, 9.17) is 19.4 Å². The lowest BCUT2D eigenvalue weighted by Crippen LogP contribution is -2.00. The molecule has 49 heavy (non-hydrogen) atoms. The molecule has 0 aliphatic carbocycles. The van der Waals surface area contributed by atoms with Crippen LogP contribution in [0.2, 0.25) is 0 Å². The number of fused-ring (bicyclic) bond motifs is 6. The molecule has 2 heterocycles. The van der Waals surface area contributed by atoms with E-state index in [0.717, 1.165) is 65.9 Å². The van der Waals surface area contributed by atoms with Crippen LogP contribution in [0.15, 0.2) is 168 Å². The van der Waals surface area contributed by atoms with Crippen LogP contribution in [0.1, 0.15) is 0 Å². The number of hydrogen-bond acceptors (Lipinski definition) is 4. The van der Waals surface area contributed by atoms with Crippen molar-refractivity contribution < 1.29 is 4.42 Å². The van der Waals surface area contributed by atoms with E-state index >= 15 is 0 Å². The van der Waals surface area contributed by atoms with Crippen molar-refractivity contribution in [3.8, 4) is 45.3 Å². The molecule has 0 aliphatic heterocycles. The Hall–Kier alpha value is -6.65. The quantitative estimate of drug-likeness (QED) is 0.195. The Labute approximate surface area is 282 Å². The molecule has 2 aromatic heterocycles. The van der Waals surface area contributed by atoms with Gasteiger partial charge in [0.25, 0.3) is 0 Å². The number of benzene rings is 8. The Morgan fingerprint density at radius 2 is 0.878 bits per heavy atom. The third-order valence-corrected chi connectivity index (χ3v) is 9.49. The molecule has 0 unspecified atom stereocenters. The monoisotopic (exact) mass is 625 g/mol. The van der Waals surface area contributed by atoms with E-state index in [1.807, 2.05) is 30.3 Å². The highest BCUT2D eigenvalue weighted by Gasteiger charge is 2.17. The molecule has 0 saturated heterocycles. The molecule has 0 saturated carbocycles. The van der Waals surface area contributed by atoms with Gasteiger partial charge in [-0.05, 0) is 79.8 Å². The van der Waals surface area contributed by atoms with Crippen LogP contribution in [-0.2, 0) is 0 Å². The minimum Gasteiger partial charge on any atom is -0.456 e. The molecule has 0 bridgehead atoms. The lowest BCUT2D eigenvalue weighted by molar-refractivity contribution is 0.669. The van der Waals surface area contributed by atoms with Crippen LogP contribution in [0.25, 0.3) is 99.5 Å². The standard InChI is InChI=1S/C45H27N3O/c1-2-11-29(12-3-1)43-46-44(34-19-18-28-10-4-5-13-30(28)24-34)48-45(47-43)38-22-21-35(36-16-8-9-17-37(36)38)33-20-23-41-39(26-33)40-25-31-14-6-7-15-32(31)27-42(40)49-41/h1-27H. The van der Waals surface area contributed by atoms with Crippen molar-refractivity contribution in [2.75, 3.05) is 0 Å². The molecular weight excluding hydrogens is 599 g/mol. The molecule has 0 amide bonds. The largest absolute Gasteiger partial charge is 0.456 e. The number of hydrogen-bond donors (Lipinski definition) is 0. The van der Waals surface area contributed by atoms with Crippen molar-refractivity contribution in [2.24, 2.45) is 0 Å². The minimum atomic E-state index is 0.642. The summed E-state index contributed by atoms with van der Waals surface area (Å²) in [6, 6.07) is 57.0. The first kappa shape index (κ1) is 27.5. The number of rotatable bonds is 4. The number of furan rings is 1. The van der Waals surface area contributed by atoms with Crippen LogP contribution >= 0.6 is 0 Å². The zero-order valence-electron chi connectivity index (χ0n) is 26.3. The van der Waals surface area contributed by atoms with Crippen LogP contribution in [0.3, 0.4) is 0 Å². The lowest BCUT2D eigenvalue weighted by Gasteiger charge is -2.13. The van der Waals surface area contributed by atoms with Crippen LogP contribution in [0.4, 0.5) is 0 Å². The molecule has 0 aliphatic rings. The first-order chi connectivity index (χ1) is 24.2. The summed E-state index contributed by atoms with van der Waals surface area (Å²) in [5, 5.41) is 9.15. The van der Waals surface area contributed by atoms with Crippen LogP contribution in [0, 0.1) is 0 Å². The second-order valence-corrected chi connectivity index (χ2v) is 12.4. The fourth-order valence-electron chi connectivity index (χ4n) is 7.05. The van der Waals surface area contributed by atoms with Gasteiger partial charge < -0.3 is 4.42 Å². The smallest absolute Gasteiger partial charge is 0.164 e. The van der Waals surface area contributed by atoms with E-state index in [-0.39, 0.29) is 0 Å². The molecule has 228 valence electrons. The van der Waals surface area contributed by atoms with Gasteiger partial charge in [-0.3, -0.25) is 0 Å². The predicted octanol–water partition coefficient (Wildman–Crippen LogP) is 11.9. The fraction of sp³-hybridized carbons (Fsp3) is 0. The Bertz CT molecular complexity index is 2890. The van der Waals surface area contributed by atoms with E-state index in [9.17, 15) is 0 Å². The van der Waals surface area contributed by atoms with Gasteiger partial charge in [-0.15, -0.1) is 0 Å². The summed E-state index contributed by atoms with van der Waals surface area (Å²) in [5.74, 6) is 1.93. The van der Waals surface area contributed by atoms with Crippen molar-refractivity contribution in [1.82, 2.24) is 15.0 Å². The van der Waals surface area contributed by atoms with Crippen molar-refractivity contribution in [1.29, 1.82) is 0 Å². The third kappa shape index (κ3) is 4.65.